The largest absolute Gasteiger partial charge is 0.384 e. The molecule has 0 saturated carbocycles. The Bertz CT molecular complexity index is 258. The van der Waals surface area contributed by atoms with Crippen LogP contribution >= 0.6 is 0 Å². The Balaban J connectivity index is 2.77. The van der Waals surface area contributed by atoms with Crippen molar-refractivity contribution in [3.63, 3.8) is 0 Å². The Morgan fingerprint density at radius 1 is 1.50 bits per heavy atom. The van der Waals surface area contributed by atoms with Crippen molar-refractivity contribution in [2.75, 3.05) is 0 Å². The molecule has 0 fully saturated rings. The van der Waals surface area contributed by atoms with Gasteiger partial charge in [-0.1, -0.05) is 12.1 Å². The van der Waals surface area contributed by atoms with Crippen LogP contribution in [0.5, 0.6) is 5.75 Å². The van der Waals surface area contributed by atoms with Crippen LogP contribution in [-0.2, 0) is 11.0 Å². The second-order valence-electron chi connectivity index (χ2n) is 1.55. The maximum absolute atomic E-state index is 9.97. The lowest BCUT2D eigenvalue weighted by Crippen LogP contribution is -1.88. The molecule has 0 saturated heterocycles. The zero-order valence-electron chi connectivity index (χ0n) is 4.98. The highest BCUT2D eigenvalue weighted by atomic mass is 32.2. The molecule has 0 spiro atoms. The highest BCUT2D eigenvalue weighted by Crippen LogP contribution is 2.06. The predicted molar refractivity (Wildman–Crippen MR) is 36.2 cm³/mol. The van der Waals surface area contributed by atoms with Crippen LogP contribution in [0.3, 0.4) is 0 Å². The molecule has 1 aromatic carbocycles. The standard InChI is InChI=1S/C6H5O3S/c7-10(8)9-6-4-2-1-3-5-6/h1-2,4-5,10H. The third-order valence-corrected chi connectivity index (χ3v) is 1.22. The highest BCUT2D eigenvalue weighted by molar-refractivity contribution is 7.67. The summed E-state index contributed by atoms with van der Waals surface area (Å²) in [6.07, 6.45) is 0. The molecule has 1 aromatic rings. The lowest BCUT2D eigenvalue weighted by Gasteiger charge is -1.92. The lowest BCUT2D eigenvalue weighted by atomic mass is 10.3. The average molecular weight is 157 g/mol. The molecule has 1 radical (unpaired) electrons. The number of rotatable bonds is 2. The molecule has 0 aliphatic carbocycles. The summed E-state index contributed by atoms with van der Waals surface area (Å²) in [7, 11) is -2.80. The molecule has 0 atom stereocenters. The first-order valence-electron chi connectivity index (χ1n) is 2.57. The van der Waals surface area contributed by atoms with Crippen LogP contribution in [0.1, 0.15) is 0 Å². The zero-order valence-corrected chi connectivity index (χ0v) is 5.88. The maximum Gasteiger partial charge on any atom is 0.299 e. The van der Waals surface area contributed by atoms with Crippen LogP contribution in [0.4, 0.5) is 0 Å². The molecule has 0 aliphatic heterocycles. The Morgan fingerprint density at radius 3 is 2.80 bits per heavy atom. The summed E-state index contributed by atoms with van der Waals surface area (Å²) in [6, 6.07) is 8.97. The molecule has 53 valence electrons. The summed E-state index contributed by atoms with van der Waals surface area (Å²) >= 11 is 0. The number of hydrogen-bond acceptors (Lipinski definition) is 3. The minimum atomic E-state index is -2.80. The summed E-state index contributed by atoms with van der Waals surface area (Å²) in [5, 5.41) is 0. The van der Waals surface area contributed by atoms with Gasteiger partial charge in [-0.2, -0.15) is 8.42 Å². The van der Waals surface area contributed by atoms with Gasteiger partial charge in [0.25, 0.3) is 11.0 Å². The van der Waals surface area contributed by atoms with Crippen LogP contribution in [-0.4, -0.2) is 8.42 Å². The summed E-state index contributed by atoms with van der Waals surface area (Å²) in [6.45, 7) is 0. The highest BCUT2D eigenvalue weighted by Gasteiger charge is 1.88. The van der Waals surface area contributed by atoms with Crippen molar-refractivity contribution < 1.29 is 12.6 Å². The summed E-state index contributed by atoms with van der Waals surface area (Å²) < 4.78 is 24.3. The minimum Gasteiger partial charge on any atom is -0.384 e. The smallest absolute Gasteiger partial charge is 0.299 e. The Hall–Kier alpha value is -1.03. The molecule has 10 heavy (non-hydrogen) atoms. The SMILES string of the molecule is O=[SH](=O)Oc1c[c]ccc1. The molecule has 4 heteroatoms. The third kappa shape index (κ3) is 2.06. The monoisotopic (exact) mass is 157 g/mol. The first-order chi connectivity index (χ1) is 4.79. The molecule has 0 unspecified atom stereocenters. The third-order valence-electron chi connectivity index (χ3n) is 0.858. The van der Waals surface area contributed by atoms with E-state index in [9.17, 15) is 8.42 Å². The van der Waals surface area contributed by atoms with Crippen molar-refractivity contribution in [2.45, 2.75) is 0 Å². The van der Waals surface area contributed by atoms with E-state index in [1.165, 1.54) is 6.07 Å². The van der Waals surface area contributed by atoms with E-state index in [0.717, 1.165) is 0 Å². The second-order valence-corrected chi connectivity index (χ2v) is 2.18. The van der Waals surface area contributed by atoms with Gasteiger partial charge in [-0.3, -0.25) is 0 Å². The van der Waals surface area contributed by atoms with E-state index in [1.54, 1.807) is 18.2 Å². The first kappa shape index (κ1) is 7.08. The number of benzene rings is 1. The van der Waals surface area contributed by atoms with Gasteiger partial charge in [0, 0.05) is 0 Å². The molecule has 0 amide bonds. The Labute approximate surface area is 60.4 Å². The molecule has 3 nitrogen and oxygen atoms in total. The van der Waals surface area contributed by atoms with Gasteiger partial charge in [-0.15, -0.1) is 0 Å². The lowest BCUT2D eigenvalue weighted by molar-refractivity contribution is 0.510. The fraction of sp³-hybridized carbons (Fsp3) is 0. The van der Waals surface area contributed by atoms with Gasteiger partial charge in [0.2, 0.25) is 0 Å². The van der Waals surface area contributed by atoms with E-state index in [2.05, 4.69) is 10.2 Å². The molecule has 0 aromatic heterocycles. The van der Waals surface area contributed by atoms with E-state index in [1.807, 2.05) is 0 Å². The van der Waals surface area contributed by atoms with Crippen molar-refractivity contribution in [2.24, 2.45) is 0 Å². The number of hydrogen-bond donors (Lipinski definition) is 1. The van der Waals surface area contributed by atoms with Crippen LogP contribution < -0.4 is 4.18 Å². The van der Waals surface area contributed by atoms with Crippen molar-refractivity contribution >= 4 is 11.0 Å². The van der Waals surface area contributed by atoms with Gasteiger partial charge in [0.05, 0.1) is 0 Å². The summed E-state index contributed by atoms with van der Waals surface area (Å²) in [5.41, 5.74) is 0. The van der Waals surface area contributed by atoms with Gasteiger partial charge >= 0.3 is 0 Å². The molecule has 1 rings (SSSR count). The fourth-order valence-electron chi connectivity index (χ4n) is 0.520. The van der Waals surface area contributed by atoms with Crippen molar-refractivity contribution in [3.8, 4) is 5.75 Å². The minimum absolute atomic E-state index is 0.290. The maximum atomic E-state index is 9.97. The van der Waals surface area contributed by atoms with Gasteiger partial charge in [-0.25, -0.2) is 0 Å². The normalized spacial score (nSPS) is 9.70. The predicted octanol–water partition coefficient (Wildman–Crippen LogP) is 0.392. The van der Waals surface area contributed by atoms with Gasteiger partial charge in [0.15, 0.2) is 0 Å². The number of thiol groups is 1. The van der Waals surface area contributed by atoms with Gasteiger partial charge in [0.1, 0.15) is 5.75 Å². The second kappa shape index (κ2) is 3.22. The van der Waals surface area contributed by atoms with E-state index < -0.39 is 11.0 Å². The van der Waals surface area contributed by atoms with Crippen molar-refractivity contribution in [1.82, 2.24) is 0 Å². The molecule has 0 aliphatic rings. The van der Waals surface area contributed by atoms with E-state index in [0.29, 0.717) is 5.75 Å². The summed E-state index contributed by atoms with van der Waals surface area (Å²) in [4.78, 5) is 0. The Kier molecular flexibility index (Phi) is 2.28. The zero-order chi connectivity index (χ0) is 7.40. The quantitative estimate of drug-likeness (QED) is 0.631. The Morgan fingerprint density at radius 2 is 2.30 bits per heavy atom. The van der Waals surface area contributed by atoms with Crippen LogP contribution in [0, 0.1) is 6.07 Å². The van der Waals surface area contributed by atoms with Crippen molar-refractivity contribution in [1.29, 1.82) is 0 Å². The summed E-state index contributed by atoms with van der Waals surface area (Å²) in [5.74, 6) is 0.290. The molecule has 0 bridgehead atoms. The first-order valence-corrected chi connectivity index (χ1v) is 3.67. The average Bonchev–Trinajstić information content (AvgIpc) is 1.88. The molecule has 0 N–H and O–H groups in total. The van der Waals surface area contributed by atoms with E-state index in [4.69, 9.17) is 0 Å². The molecule has 0 heterocycles. The van der Waals surface area contributed by atoms with Gasteiger partial charge < -0.3 is 4.18 Å². The van der Waals surface area contributed by atoms with Crippen LogP contribution in [0.15, 0.2) is 24.3 Å². The van der Waals surface area contributed by atoms with Crippen LogP contribution in [0.2, 0.25) is 0 Å². The topological polar surface area (TPSA) is 43.4 Å². The van der Waals surface area contributed by atoms with E-state index >= 15 is 0 Å². The molecular weight excluding hydrogens is 152 g/mol. The van der Waals surface area contributed by atoms with E-state index in [-0.39, 0.29) is 0 Å². The molecular formula is C6H5O3S. The fourth-order valence-corrected chi connectivity index (χ4v) is 0.805. The van der Waals surface area contributed by atoms with Gasteiger partial charge in [-0.05, 0) is 18.2 Å². The van der Waals surface area contributed by atoms with Crippen molar-refractivity contribution in [3.05, 3.63) is 30.3 Å². The van der Waals surface area contributed by atoms with Crippen LogP contribution in [0.25, 0.3) is 0 Å².